The Kier molecular flexibility index (Phi) is 4.28. The van der Waals surface area contributed by atoms with Crippen molar-refractivity contribution in [2.45, 2.75) is 19.1 Å². The Hall–Kier alpha value is -4.00. The van der Waals surface area contributed by atoms with Gasteiger partial charge in [0.05, 0.1) is 24.1 Å². The van der Waals surface area contributed by atoms with Crippen LogP contribution in [-0.4, -0.2) is 38.5 Å². The lowest BCUT2D eigenvalue weighted by Gasteiger charge is -2.33. The van der Waals surface area contributed by atoms with Crippen LogP contribution in [0.25, 0.3) is 22.4 Å². The van der Waals surface area contributed by atoms with E-state index in [0.29, 0.717) is 19.8 Å². The van der Waals surface area contributed by atoms with Crippen LogP contribution in [0.15, 0.2) is 85.2 Å². The SMILES string of the molecule is CC12C=CC=CN1C=C(COc1ccc3c(c1)OCCn1ncc(-c4ccncc4)c1-3)N2. The summed E-state index contributed by atoms with van der Waals surface area (Å²) in [6.45, 7) is 3.83. The summed E-state index contributed by atoms with van der Waals surface area (Å²) in [6.07, 6.45) is 15.9. The van der Waals surface area contributed by atoms with E-state index in [1.54, 1.807) is 12.4 Å². The zero-order valence-corrected chi connectivity index (χ0v) is 17.7. The molecule has 0 radical (unpaired) electrons. The third-order valence-corrected chi connectivity index (χ3v) is 6.02. The third-order valence-electron chi connectivity index (χ3n) is 6.02. The van der Waals surface area contributed by atoms with Gasteiger partial charge in [-0.05, 0) is 48.9 Å². The van der Waals surface area contributed by atoms with Crippen molar-refractivity contribution < 1.29 is 9.47 Å². The average Bonchev–Trinajstić information content (AvgIpc) is 3.33. The van der Waals surface area contributed by atoms with E-state index in [0.717, 1.165) is 39.6 Å². The summed E-state index contributed by atoms with van der Waals surface area (Å²) in [5.41, 5.74) is 5.01. The van der Waals surface area contributed by atoms with Crippen LogP contribution >= 0.6 is 0 Å². The third kappa shape index (κ3) is 3.13. The Morgan fingerprint density at radius 2 is 2.06 bits per heavy atom. The maximum Gasteiger partial charge on any atom is 0.132 e. The highest BCUT2D eigenvalue weighted by Crippen LogP contribution is 2.40. The molecule has 0 aliphatic carbocycles. The number of nitrogens with one attached hydrogen (secondary N) is 1. The standard InChI is InChI=1S/C25H23N5O2/c1-25-8-2-3-11-29(25)16-19(28-25)17-32-20-4-5-21-23(14-20)31-13-12-30-24(21)22(15-27-30)18-6-9-26-10-7-18/h2-11,14-16,28H,12-13,17H2,1H3. The van der Waals surface area contributed by atoms with Crippen LogP contribution in [0.2, 0.25) is 0 Å². The van der Waals surface area contributed by atoms with E-state index in [-0.39, 0.29) is 5.66 Å². The molecule has 7 heteroatoms. The Bertz CT molecular complexity index is 1260. The van der Waals surface area contributed by atoms with E-state index in [1.807, 2.05) is 41.2 Å². The van der Waals surface area contributed by atoms with Crippen LogP contribution in [0.3, 0.4) is 0 Å². The number of aromatic nitrogens is 3. The number of nitrogens with zero attached hydrogens (tertiary/aromatic N) is 4. The second-order valence-corrected chi connectivity index (χ2v) is 8.20. The average molecular weight is 425 g/mol. The molecule has 1 N–H and O–H groups in total. The predicted molar refractivity (Wildman–Crippen MR) is 122 cm³/mol. The van der Waals surface area contributed by atoms with Crippen LogP contribution in [0.1, 0.15) is 6.92 Å². The molecule has 0 saturated heterocycles. The van der Waals surface area contributed by atoms with E-state index in [4.69, 9.17) is 9.47 Å². The Morgan fingerprint density at radius 3 is 2.94 bits per heavy atom. The van der Waals surface area contributed by atoms with Crippen molar-refractivity contribution in [3.05, 3.63) is 85.2 Å². The summed E-state index contributed by atoms with van der Waals surface area (Å²) in [7, 11) is 0. The molecule has 1 unspecified atom stereocenters. The first-order valence-electron chi connectivity index (χ1n) is 10.7. The quantitative estimate of drug-likeness (QED) is 0.683. The highest BCUT2D eigenvalue weighted by molar-refractivity contribution is 5.84. The lowest BCUT2D eigenvalue weighted by Crippen LogP contribution is -2.46. The molecule has 3 aliphatic rings. The summed E-state index contributed by atoms with van der Waals surface area (Å²) >= 11 is 0. The van der Waals surface area contributed by atoms with Gasteiger partial charge in [-0.3, -0.25) is 9.67 Å². The summed E-state index contributed by atoms with van der Waals surface area (Å²) in [5.74, 6) is 1.58. The largest absolute Gasteiger partial charge is 0.491 e. The highest BCUT2D eigenvalue weighted by atomic mass is 16.5. The molecule has 0 spiro atoms. The van der Waals surface area contributed by atoms with Crippen molar-refractivity contribution in [3.8, 4) is 33.9 Å². The van der Waals surface area contributed by atoms with Gasteiger partial charge in [0.1, 0.15) is 30.4 Å². The fraction of sp³-hybridized carbons (Fsp3) is 0.200. The van der Waals surface area contributed by atoms with Crippen molar-refractivity contribution in [1.29, 1.82) is 0 Å². The van der Waals surface area contributed by atoms with Crippen LogP contribution in [-0.2, 0) is 6.54 Å². The van der Waals surface area contributed by atoms with E-state index >= 15 is 0 Å². The molecule has 160 valence electrons. The van der Waals surface area contributed by atoms with Gasteiger partial charge in [-0.1, -0.05) is 6.08 Å². The van der Waals surface area contributed by atoms with Crippen LogP contribution in [0, 0.1) is 0 Å². The molecule has 0 saturated carbocycles. The molecule has 5 heterocycles. The first-order chi connectivity index (χ1) is 15.7. The van der Waals surface area contributed by atoms with E-state index < -0.39 is 0 Å². The number of benzene rings is 1. The number of pyridine rings is 1. The molecule has 1 aromatic carbocycles. The highest BCUT2D eigenvalue weighted by Gasteiger charge is 2.33. The van der Waals surface area contributed by atoms with Crippen molar-refractivity contribution in [1.82, 2.24) is 25.0 Å². The van der Waals surface area contributed by atoms with Crippen molar-refractivity contribution in [2.24, 2.45) is 0 Å². The lowest BCUT2D eigenvalue weighted by molar-refractivity contribution is 0.274. The minimum atomic E-state index is -0.230. The van der Waals surface area contributed by atoms with Gasteiger partial charge in [-0.2, -0.15) is 5.10 Å². The fourth-order valence-electron chi connectivity index (χ4n) is 4.40. The molecule has 0 amide bonds. The maximum absolute atomic E-state index is 6.12. The zero-order chi connectivity index (χ0) is 21.5. The zero-order valence-electron chi connectivity index (χ0n) is 17.7. The molecule has 2 aromatic heterocycles. The van der Waals surface area contributed by atoms with Gasteiger partial charge in [0.15, 0.2) is 0 Å². The van der Waals surface area contributed by atoms with Gasteiger partial charge in [-0.15, -0.1) is 0 Å². The second kappa shape index (κ2) is 7.30. The summed E-state index contributed by atoms with van der Waals surface area (Å²) in [4.78, 5) is 6.28. The summed E-state index contributed by atoms with van der Waals surface area (Å²) in [6, 6.07) is 10.0. The molecule has 6 rings (SSSR count). The maximum atomic E-state index is 6.12. The number of rotatable bonds is 4. The predicted octanol–water partition coefficient (Wildman–Crippen LogP) is 3.93. The van der Waals surface area contributed by atoms with E-state index in [9.17, 15) is 0 Å². The number of fused-ring (bicyclic) bond motifs is 4. The van der Waals surface area contributed by atoms with Crippen molar-refractivity contribution in [2.75, 3.05) is 13.2 Å². The van der Waals surface area contributed by atoms with Gasteiger partial charge in [0.25, 0.3) is 0 Å². The minimum absolute atomic E-state index is 0.230. The number of allylic oxidation sites excluding steroid dienone is 2. The molecule has 0 fully saturated rings. The number of ether oxygens (including phenoxy) is 2. The van der Waals surface area contributed by atoms with Gasteiger partial charge in [-0.25, -0.2) is 0 Å². The van der Waals surface area contributed by atoms with Gasteiger partial charge in [0, 0.05) is 42.0 Å². The summed E-state index contributed by atoms with van der Waals surface area (Å²) < 4.78 is 14.2. The monoisotopic (exact) mass is 425 g/mol. The minimum Gasteiger partial charge on any atom is -0.491 e. The topological polar surface area (TPSA) is 64.4 Å². The van der Waals surface area contributed by atoms with Crippen LogP contribution in [0.4, 0.5) is 0 Å². The Labute approximate surface area is 186 Å². The first kappa shape index (κ1) is 18.7. The summed E-state index contributed by atoms with van der Waals surface area (Å²) in [5, 5.41) is 8.12. The molecule has 1 atom stereocenters. The number of hydrogen-bond donors (Lipinski definition) is 1. The van der Waals surface area contributed by atoms with Gasteiger partial charge < -0.3 is 19.7 Å². The molecule has 3 aromatic rings. The van der Waals surface area contributed by atoms with Crippen LogP contribution in [0.5, 0.6) is 11.5 Å². The van der Waals surface area contributed by atoms with Gasteiger partial charge in [0.2, 0.25) is 0 Å². The molecule has 32 heavy (non-hydrogen) atoms. The fourth-order valence-corrected chi connectivity index (χ4v) is 4.40. The first-order valence-corrected chi connectivity index (χ1v) is 10.7. The molecular weight excluding hydrogens is 402 g/mol. The molecule has 0 bridgehead atoms. The van der Waals surface area contributed by atoms with Crippen LogP contribution < -0.4 is 14.8 Å². The van der Waals surface area contributed by atoms with Crippen molar-refractivity contribution in [3.63, 3.8) is 0 Å². The molecule has 7 nitrogen and oxygen atoms in total. The van der Waals surface area contributed by atoms with Gasteiger partial charge >= 0.3 is 0 Å². The van der Waals surface area contributed by atoms with E-state index in [1.165, 1.54) is 0 Å². The molecule has 3 aliphatic heterocycles. The van der Waals surface area contributed by atoms with Crippen molar-refractivity contribution >= 4 is 0 Å². The smallest absolute Gasteiger partial charge is 0.132 e. The second-order valence-electron chi connectivity index (χ2n) is 8.20. The molecular formula is C25H23N5O2. The lowest BCUT2D eigenvalue weighted by atomic mass is 10.0. The Morgan fingerprint density at radius 1 is 1.16 bits per heavy atom. The van der Waals surface area contributed by atoms with E-state index in [2.05, 4.69) is 57.8 Å². The Balaban J connectivity index is 1.26. The number of hydrogen-bond acceptors (Lipinski definition) is 6. The normalized spacial score (nSPS) is 20.4.